The fourth-order valence-electron chi connectivity index (χ4n) is 2.70. The Morgan fingerprint density at radius 1 is 1.56 bits per heavy atom. The van der Waals surface area contributed by atoms with Crippen LogP contribution >= 0.6 is 0 Å². The monoisotopic (exact) mass is 249 g/mol. The van der Waals surface area contributed by atoms with E-state index in [2.05, 4.69) is 29.8 Å². The van der Waals surface area contributed by atoms with Crippen molar-refractivity contribution in [3.63, 3.8) is 0 Å². The number of piperidine rings is 1. The number of methoxy groups -OCH3 is 1. The van der Waals surface area contributed by atoms with E-state index < -0.39 is 0 Å². The molecule has 1 aromatic heterocycles. The number of nitrogens with two attached hydrogens (primary N) is 1. The van der Waals surface area contributed by atoms with Crippen molar-refractivity contribution in [2.45, 2.75) is 45.4 Å². The Balaban J connectivity index is 2.16. The quantitative estimate of drug-likeness (QED) is 0.888. The summed E-state index contributed by atoms with van der Waals surface area (Å²) in [6.45, 7) is 5.91. The zero-order chi connectivity index (χ0) is 13.1. The van der Waals surface area contributed by atoms with Crippen LogP contribution in [0.3, 0.4) is 0 Å². The van der Waals surface area contributed by atoms with Gasteiger partial charge in [0, 0.05) is 32.4 Å². The Morgan fingerprint density at radius 2 is 2.33 bits per heavy atom. The van der Waals surface area contributed by atoms with E-state index in [4.69, 9.17) is 10.5 Å². The number of hydrogen-bond acceptors (Lipinski definition) is 4. The summed E-state index contributed by atoms with van der Waals surface area (Å²) >= 11 is 0. The average molecular weight is 249 g/mol. The molecule has 0 bridgehead atoms. The van der Waals surface area contributed by atoms with Gasteiger partial charge in [-0.15, -0.1) is 0 Å². The molecule has 1 aromatic rings. The lowest BCUT2D eigenvalue weighted by molar-refractivity contribution is 0.0719. The topological polar surface area (TPSA) is 51.4 Å². The van der Waals surface area contributed by atoms with Crippen molar-refractivity contribution in [3.8, 4) is 0 Å². The van der Waals surface area contributed by atoms with Crippen LogP contribution in [0, 0.1) is 6.92 Å². The van der Waals surface area contributed by atoms with Gasteiger partial charge in [-0.05, 0) is 43.9 Å². The SMILES string of the molecule is COC1CCN(c2ncc(CN)cc2C)C(C)C1. The van der Waals surface area contributed by atoms with Gasteiger partial charge in [0.15, 0.2) is 0 Å². The molecule has 2 atom stereocenters. The highest BCUT2D eigenvalue weighted by atomic mass is 16.5. The fourth-order valence-corrected chi connectivity index (χ4v) is 2.70. The summed E-state index contributed by atoms with van der Waals surface area (Å²) in [6, 6.07) is 2.61. The molecule has 2 unspecified atom stereocenters. The molecule has 4 heteroatoms. The Kier molecular flexibility index (Phi) is 4.19. The van der Waals surface area contributed by atoms with Crippen molar-refractivity contribution in [1.82, 2.24) is 4.98 Å². The highest BCUT2D eigenvalue weighted by Gasteiger charge is 2.26. The summed E-state index contributed by atoms with van der Waals surface area (Å²) in [4.78, 5) is 6.96. The molecule has 100 valence electrons. The Bertz CT molecular complexity index is 408. The van der Waals surface area contributed by atoms with Gasteiger partial charge in [0.05, 0.1) is 6.10 Å². The van der Waals surface area contributed by atoms with E-state index in [0.717, 1.165) is 30.8 Å². The summed E-state index contributed by atoms with van der Waals surface area (Å²) < 4.78 is 5.45. The van der Waals surface area contributed by atoms with Gasteiger partial charge in [-0.1, -0.05) is 0 Å². The van der Waals surface area contributed by atoms with Crippen molar-refractivity contribution in [1.29, 1.82) is 0 Å². The van der Waals surface area contributed by atoms with E-state index in [1.165, 1.54) is 5.56 Å². The summed E-state index contributed by atoms with van der Waals surface area (Å²) in [6.07, 6.45) is 4.41. The second-order valence-electron chi connectivity index (χ2n) is 5.11. The fraction of sp³-hybridized carbons (Fsp3) is 0.643. The first-order valence-corrected chi connectivity index (χ1v) is 6.60. The molecule has 2 rings (SSSR count). The number of pyridine rings is 1. The van der Waals surface area contributed by atoms with Gasteiger partial charge in [0.2, 0.25) is 0 Å². The molecule has 18 heavy (non-hydrogen) atoms. The zero-order valence-corrected chi connectivity index (χ0v) is 11.5. The van der Waals surface area contributed by atoms with E-state index in [1.807, 2.05) is 6.20 Å². The summed E-state index contributed by atoms with van der Waals surface area (Å²) in [5, 5.41) is 0. The van der Waals surface area contributed by atoms with Crippen LogP contribution in [-0.4, -0.2) is 30.8 Å². The minimum atomic E-state index is 0.389. The summed E-state index contributed by atoms with van der Waals surface area (Å²) in [7, 11) is 1.80. The molecule has 4 nitrogen and oxygen atoms in total. The van der Waals surface area contributed by atoms with Crippen LogP contribution in [0.4, 0.5) is 5.82 Å². The van der Waals surface area contributed by atoms with E-state index in [-0.39, 0.29) is 0 Å². The van der Waals surface area contributed by atoms with Gasteiger partial charge < -0.3 is 15.4 Å². The predicted octanol–water partition coefficient (Wildman–Crippen LogP) is 1.85. The van der Waals surface area contributed by atoms with E-state index >= 15 is 0 Å². The smallest absolute Gasteiger partial charge is 0.131 e. The van der Waals surface area contributed by atoms with Crippen LogP contribution < -0.4 is 10.6 Å². The van der Waals surface area contributed by atoms with E-state index in [1.54, 1.807) is 7.11 Å². The molecular formula is C14H23N3O. The van der Waals surface area contributed by atoms with Crippen molar-refractivity contribution in [2.24, 2.45) is 5.73 Å². The van der Waals surface area contributed by atoms with Crippen LogP contribution in [-0.2, 0) is 11.3 Å². The van der Waals surface area contributed by atoms with Crippen LogP contribution in [0.1, 0.15) is 30.9 Å². The molecule has 2 heterocycles. The minimum absolute atomic E-state index is 0.389. The van der Waals surface area contributed by atoms with E-state index in [0.29, 0.717) is 18.7 Å². The second-order valence-corrected chi connectivity index (χ2v) is 5.11. The van der Waals surface area contributed by atoms with Gasteiger partial charge >= 0.3 is 0 Å². The lowest BCUT2D eigenvalue weighted by Gasteiger charge is -2.38. The normalized spacial score (nSPS) is 24.3. The number of rotatable bonds is 3. The number of aromatic nitrogens is 1. The van der Waals surface area contributed by atoms with Gasteiger partial charge in [-0.3, -0.25) is 0 Å². The van der Waals surface area contributed by atoms with Crippen LogP contribution in [0.15, 0.2) is 12.3 Å². The van der Waals surface area contributed by atoms with Crippen molar-refractivity contribution < 1.29 is 4.74 Å². The Morgan fingerprint density at radius 3 is 2.89 bits per heavy atom. The number of hydrogen-bond donors (Lipinski definition) is 1. The van der Waals surface area contributed by atoms with Gasteiger partial charge in [0.1, 0.15) is 5.82 Å². The first kappa shape index (κ1) is 13.3. The van der Waals surface area contributed by atoms with Crippen molar-refractivity contribution in [2.75, 3.05) is 18.6 Å². The molecule has 0 saturated carbocycles. The molecule has 0 amide bonds. The Hall–Kier alpha value is -1.13. The molecule has 1 fully saturated rings. The zero-order valence-electron chi connectivity index (χ0n) is 11.5. The molecule has 0 aromatic carbocycles. The predicted molar refractivity (Wildman–Crippen MR) is 73.7 cm³/mol. The molecule has 1 aliphatic rings. The lowest BCUT2D eigenvalue weighted by atomic mass is 10.00. The second kappa shape index (κ2) is 5.67. The maximum atomic E-state index is 5.64. The number of anilines is 1. The molecule has 0 spiro atoms. The van der Waals surface area contributed by atoms with Gasteiger partial charge in [0.25, 0.3) is 0 Å². The molecule has 1 aliphatic heterocycles. The van der Waals surface area contributed by atoms with Gasteiger partial charge in [-0.2, -0.15) is 0 Å². The molecule has 1 saturated heterocycles. The lowest BCUT2D eigenvalue weighted by Crippen LogP contribution is -2.44. The highest BCUT2D eigenvalue weighted by Crippen LogP contribution is 2.27. The van der Waals surface area contributed by atoms with Crippen LogP contribution in [0.2, 0.25) is 0 Å². The van der Waals surface area contributed by atoms with Crippen molar-refractivity contribution >= 4 is 5.82 Å². The maximum absolute atomic E-state index is 5.64. The number of nitrogens with zero attached hydrogens (tertiary/aromatic N) is 2. The maximum Gasteiger partial charge on any atom is 0.131 e. The summed E-state index contributed by atoms with van der Waals surface area (Å²) in [5.74, 6) is 1.09. The third kappa shape index (κ3) is 2.65. The average Bonchev–Trinajstić information content (AvgIpc) is 2.39. The van der Waals surface area contributed by atoms with Crippen LogP contribution in [0.5, 0.6) is 0 Å². The number of aryl methyl sites for hydroxylation is 1. The molecule has 0 aliphatic carbocycles. The van der Waals surface area contributed by atoms with Crippen molar-refractivity contribution in [3.05, 3.63) is 23.4 Å². The summed E-state index contributed by atoms with van der Waals surface area (Å²) in [5.41, 5.74) is 7.94. The molecular weight excluding hydrogens is 226 g/mol. The number of ether oxygens (including phenoxy) is 1. The van der Waals surface area contributed by atoms with Gasteiger partial charge in [-0.25, -0.2) is 4.98 Å². The molecule has 2 N–H and O–H groups in total. The highest BCUT2D eigenvalue weighted by molar-refractivity contribution is 5.48. The largest absolute Gasteiger partial charge is 0.381 e. The standard InChI is InChI=1S/C14H23N3O/c1-10-6-12(8-15)9-16-14(10)17-5-4-13(18-3)7-11(17)2/h6,9,11,13H,4-5,7-8,15H2,1-3H3. The van der Waals surface area contributed by atoms with Crippen LogP contribution in [0.25, 0.3) is 0 Å². The third-order valence-corrected chi connectivity index (χ3v) is 3.78. The first-order valence-electron chi connectivity index (χ1n) is 6.60. The first-order chi connectivity index (χ1) is 8.65. The van der Waals surface area contributed by atoms with E-state index in [9.17, 15) is 0 Å². The molecule has 0 radical (unpaired) electrons. The third-order valence-electron chi connectivity index (χ3n) is 3.78. The minimum Gasteiger partial charge on any atom is -0.381 e. The Labute approximate surface area is 109 Å².